The van der Waals surface area contributed by atoms with Crippen LogP contribution in [0, 0.1) is 0 Å². The first-order valence-electron chi connectivity index (χ1n) is 4.81. The summed E-state index contributed by atoms with van der Waals surface area (Å²) in [6.45, 7) is 3.34. The van der Waals surface area contributed by atoms with Crippen molar-refractivity contribution in [1.29, 1.82) is 0 Å². The molecule has 0 aromatic rings. The molecule has 4 nitrogen and oxygen atoms in total. The Kier molecular flexibility index (Phi) is 3.69. The summed E-state index contributed by atoms with van der Waals surface area (Å²) in [5.41, 5.74) is 5.94. The highest BCUT2D eigenvalue weighted by Gasteiger charge is 2.37. The van der Waals surface area contributed by atoms with E-state index < -0.39 is 0 Å². The van der Waals surface area contributed by atoms with Crippen LogP contribution >= 0.6 is 0 Å². The summed E-state index contributed by atoms with van der Waals surface area (Å²) in [4.78, 5) is 10.9. The van der Waals surface area contributed by atoms with Crippen molar-refractivity contribution in [2.24, 2.45) is 5.73 Å². The molecule has 1 rings (SSSR count). The first kappa shape index (κ1) is 10.5. The van der Waals surface area contributed by atoms with Crippen molar-refractivity contribution in [1.82, 2.24) is 5.32 Å². The fourth-order valence-corrected chi connectivity index (χ4v) is 1.15. The summed E-state index contributed by atoms with van der Waals surface area (Å²) in [7, 11) is 0. The highest BCUT2D eigenvalue weighted by molar-refractivity contribution is 5.71. The number of rotatable bonds is 6. The number of hydrogen-bond donors (Lipinski definition) is 2. The smallest absolute Gasteiger partial charge is 0.319 e. The van der Waals surface area contributed by atoms with Crippen LogP contribution in [0.1, 0.15) is 26.2 Å². The Morgan fingerprint density at radius 1 is 1.62 bits per heavy atom. The molecule has 0 aromatic heterocycles. The van der Waals surface area contributed by atoms with Crippen molar-refractivity contribution in [3.05, 3.63) is 0 Å². The number of carbonyl (C=O) groups is 1. The van der Waals surface area contributed by atoms with Crippen molar-refractivity contribution < 1.29 is 9.53 Å². The first-order valence-corrected chi connectivity index (χ1v) is 4.81. The van der Waals surface area contributed by atoms with E-state index in [0.29, 0.717) is 13.2 Å². The van der Waals surface area contributed by atoms with Crippen LogP contribution in [0.5, 0.6) is 0 Å². The van der Waals surface area contributed by atoms with E-state index in [9.17, 15) is 4.79 Å². The van der Waals surface area contributed by atoms with E-state index in [0.717, 1.165) is 25.8 Å². The van der Waals surface area contributed by atoms with E-state index in [1.807, 2.05) is 0 Å². The second-order valence-electron chi connectivity index (χ2n) is 3.59. The third-order valence-electron chi connectivity index (χ3n) is 2.27. The van der Waals surface area contributed by atoms with Crippen LogP contribution in [0.2, 0.25) is 0 Å². The van der Waals surface area contributed by atoms with Crippen LogP contribution in [-0.4, -0.2) is 31.2 Å². The second-order valence-corrected chi connectivity index (χ2v) is 3.59. The van der Waals surface area contributed by atoms with Crippen LogP contribution < -0.4 is 11.1 Å². The maximum Gasteiger partial charge on any atom is 0.319 e. The lowest BCUT2D eigenvalue weighted by atomic mass is 10.2. The summed E-state index contributed by atoms with van der Waals surface area (Å²) in [5.74, 6) is -0.190. The molecule has 0 unspecified atom stereocenters. The monoisotopic (exact) mass is 186 g/mol. The molecule has 1 aliphatic rings. The van der Waals surface area contributed by atoms with Gasteiger partial charge in [-0.2, -0.15) is 0 Å². The van der Waals surface area contributed by atoms with E-state index in [-0.39, 0.29) is 11.5 Å². The Bertz CT molecular complexity index is 178. The minimum absolute atomic E-state index is 0.0711. The Labute approximate surface area is 78.8 Å². The zero-order valence-corrected chi connectivity index (χ0v) is 8.14. The molecule has 3 N–H and O–H groups in total. The summed E-state index contributed by atoms with van der Waals surface area (Å²) in [5, 5.41) is 3.01. The van der Waals surface area contributed by atoms with Gasteiger partial charge < -0.3 is 15.8 Å². The number of nitrogens with two attached hydrogens (primary N) is 1. The van der Waals surface area contributed by atoms with E-state index in [2.05, 4.69) is 5.32 Å². The van der Waals surface area contributed by atoms with Crippen LogP contribution in [0.4, 0.5) is 0 Å². The second kappa shape index (κ2) is 4.58. The number of nitrogens with one attached hydrogen (secondary N) is 1. The van der Waals surface area contributed by atoms with Gasteiger partial charge in [-0.15, -0.1) is 0 Å². The SMILES string of the molecule is CCOC(=O)CNCCC1(N)CC1. The quantitative estimate of drug-likeness (QED) is 0.453. The Morgan fingerprint density at radius 3 is 2.85 bits per heavy atom. The average Bonchev–Trinajstić information content (AvgIpc) is 2.79. The van der Waals surface area contributed by atoms with Gasteiger partial charge in [0.05, 0.1) is 13.2 Å². The predicted octanol–water partition coefficient (Wildman–Crippen LogP) is 0.0205. The highest BCUT2D eigenvalue weighted by atomic mass is 16.5. The number of esters is 1. The van der Waals surface area contributed by atoms with Gasteiger partial charge in [0.2, 0.25) is 0 Å². The zero-order valence-electron chi connectivity index (χ0n) is 8.14. The summed E-state index contributed by atoms with van der Waals surface area (Å²) >= 11 is 0. The van der Waals surface area contributed by atoms with Crippen LogP contribution in [0.15, 0.2) is 0 Å². The van der Waals surface area contributed by atoms with Gasteiger partial charge in [-0.05, 0) is 32.7 Å². The largest absolute Gasteiger partial charge is 0.465 e. The fourth-order valence-electron chi connectivity index (χ4n) is 1.15. The van der Waals surface area contributed by atoms with Crippen molar-refractivity contribution in [3.8, 4) is 0 Å². The lowest BCUT2D eigenvalue weighted by molar-refractivity contribution is -0.142. The molecule has 0 spiro atoms. The summed E-state index contributed by atoms with van der Waals surface area (Å²) in [6.07, 6.45) is 3.19. The van der Waals surface area contributed by atoms with Gasteiger partial charge in [0.15, 0.2) is 0 Å². The highest BCUT2D eigenvalue weighted by Crippen LogP contribution is 2.34. The molecule has 1 aliphatic carbocycles. The third-order valence-corrected chi connectivity index (χ3v) is 2.27. The molecule has 0 atom stereocenters. The van der Waals surface area contributed by atoms with Crippen molar-refractivity contribution in [2.75, 3.05) is 19.7 Å². The summed E-state index contributed by atoms with van der Waals surface area (Å²) < 4.78 is 4.76. The number of ether oxygens (including phenoxy) is 1. The van der Waals surface area contributed by atoms with Crippen molar-refractivity contribution >= 4 is 5.97 Å². The third kappa shape index (κ3) is 4.24. The predicted molar refractivity (Wildman–Crippen MR) is 50.3 cm³/mol. The minimum Gasteiger partial charge on any atom is -0.465 e. The molecule has 0 aromatic carbocycles. The zero-order chi connectivity index (χ0) is 9.73. The molecule has 0 radical (unpaired) electrons. The van der Waals surface area contributed by atoms with Gasteiger partial charge in [-0.25, -0.2) is 0 Å². The molecular weight excluding hydrogens is 168 g/mol. The van der Waals surface area contributed by atoms with Gasteiger partial charge >= 0.3 is 5.97 Å². The van der Waals surface area contributed by atoms with Crippen LogP contribution in [0.25, 0.3) is 0 Å². The minimum atomic E-state index is -0.190. The molecule has 0 aliphatic heterocycles. The molecule has 1 fully saturated rings. The maximum absolute atomic E-state index is 10.9. The van der Waals surface area contributed by atoms with Gasteiger partial charge in [0.25, 0.3) is 0 Å². The molecule has 0 heterocycles. The molecule has 76 valence electrons. The molecule has 0 amide bonds. The van der Waals surface area contributed by atoms with Gasteiger partial charge in [0.1, 0.15) is 0 Å². The number of carbonyl (C=O) groups excluding carboxylic acids is 1. The van der Waals surface area contributed by atoms with Gasteiger partial charge in [-0.1, -0.05) is 0 Å². The van der Waals surface area contributed by atoms with Gasteiger partial charge in [-0.3, -0.25) is 4.79 Å². The van der Waals surface area contributed by atoms with Crippen LogP contribution in [-0.2, 0) is 9.53 Å². The molecular formula is C9H18N2O2. The Morgan fingerprint density at radius 2 is 2.31 bits per heavy atom. The maximum atomic E-state index is 10.9. The number of hydrogen-bond acceptors (Lipinski definition) is 4. The van der Waals surface area contributed by atoms with E-state index in [4.69, 9.17) is 10.5 Å². The lowest BCUT2D eigenvalue weighted by Gasteiger charge is -2.08. The molecule has 1 saturated carbocycles. The Balaban J connectivity index is 1.91. The fraction of sp³-hybridized carbons (Fsp3) is 0.889. The molecule has 13 heavy (non-hydrogen) atoms. The lowest BCUT2D eigenvalue weighted by Crippen LogP contribution is -2.31. The normalized spacial score (nSPS) is 18.3. The Hall–Kier alpha value is -0.610. The molecule has 0 bridgehead atoms. The first-order chi connectivity index (χ1) is 6.16. The molecule has 0 saturated heterocycles. The van der Waals surface area contributed by atoms with E-state index >= 15 is 0 Å². The average molecular weight is 186 g/mol. The van der Waals surface area contributed by atoms with Crippen LogP contribution in [0.3, 0.4) is 0 Å². The topological polar surface area (TPSA) is 64.3 Å². The standard InChI is InChI=1S/C9H18N2O2/c1-2-13-8(12)7-11-6-5-9(10)3-4-9/h11H,2-7,10H2,1H3. The van der Waals surface area contributed by atoms with Crippen molar-refractivity contribution in [2.45, 2.75) is 31.7 Å². The molecule has 4 heteroatoms. The van der Waals surface area contributed by atoms with Gasteiger partial charge in [0, 0.05) is 5.54 Å². The van der Waals surface area contributed by atoms with Crippen molar-refractivity contribution in [3.63, 3.8) is 0 Å². The van der Waals surface area contributed by atoms with E-state index in [1.165, 1.54) is 0 Å². The summed E-state index contributed by atoms with van der Waals surface area (Å²) in [6, 6.07) is 0. The van der Waals surface area contributed by atoms with E-state index in [1.54, 1.807) is 6.92 Å².